The molecule has 1 aliphatic rings. The fraction of sp³-hybridized carbons (Fsp3) is 0.600. The molecular weight excluding hydrogens is 260 g/mol. The van der Waals surface area contributed by atoms with Crippen LogP contribution in [-0.2, 0) is 0 Å². The van der Waals surface area contributed by atoms with Crippen molar-refractivity contribution < 1.29 is 4.74 Å². The van der Waals surface area contributed by atoms with Gasteiger partial charge in [-0.05, 0) is 49.9 Å². The van der Waals surface area contributed by atoms with E-state index in [4.69, 9.17) is 22.1 Å². The van der Waals surface area contributed by atoms with Crippen molar-refractivity contribution in [2.24, 2.45) is 11.7 Å². The molecule has 2 unspecified atom stereocenters. The third-order valence-electron chi connectivity index (χ3n) is 3.71. The SMILES string of the molecule is CCCOc1ccc(Cl)cc1NC1CCCC1CN. The lowest BCUT2D eigenvalue weighted by Crippen LogP contribution is -2.29. The van der Waals surface area contributed by atoms with Gasteiger partial charge < -0.3 is 15.8 Å². The maximum absolute atomic E-state index is 6.09. The molecule has 0 radical (unpaired) electrons. The number of benzene rings is 1. The molecule has 0 heterocycles. The van der Waals surface area contributed by atoms with Gasteiger partial charge in [-0.1, -0.05) is 24.9 Å². The first-order valence-electron chi connectivity index (χ1n) is 7.13. The first-order chi connectivity index (χ1) is 9.24. The molecule has 4 heteroatoms. The Morgan fingerprint density at radius 3 is 3.00 bits per heavy atom. The quantitative estimate of drug-likeness (QED) is 0.837. The molecule has 2 rings (SSSR count). The zero-order chi connectivity index (χ0) is 13.7. The van der Waals surface area contributed by atoms with E-state index in [0.717, 1.165) is 36.0 Å². The Morgan fingerprint density at radius 2 is 2.26 bits per heavy atom. The molecule has 3 nitrogen and oxygen atoms in total. The number of nitrogens with one attached hydrogen (secondary N) is 1. The van der Waals surface area contributed by atoms with Gasteiger partial charge in [-0.15, -0.1) is 0 Å². The standard InChI is InChI=1S/C15H23ClN2O/c1-2-8-19-15-7-6-12(16)9-14(15)18-13-5-3-4-11(13)10-17/h6-7,9,11,13,18H,2-5,8,10,17H2,1H3. The van der Waals surface area contributed by atoms with E-state index in [9.17, 15) is 0 Å². The summed E-state index contributed by atoms with van der Waals surface area (Å²) in [6.07, 6.45) is 4.61. The lowest BCUT2D eigenvalue weighted by Gasteiger charge is -2.22. The van der Waals surface area contributed by atoms with Gasteiger partial charge in [0.1, 0.15) is 5.75 Å². The molecule has 19 heavy (non-hydrogen) atoms. The summed E-state index contributed by atoms with van der Waals surface area (Å²) >= 11 is 6.09. The Bertz CT molecular complexity index is 411. The van der Waals surface area contributed by atoms with Crippen LogP contribution in [0, 0.1) is 5.92 Å². The summed E-state index contributed by atoms with van der Waals surface area (Å²) in [6.45, 7) is 3.56. The van der Waals surface area contributed by atoms with E-state index in [0.29, 0.717) is 12.0 Å². The van der Waals surface area contributed by atoms with Crippen LogP contribution in [-0.4, -0.2) is 19.2 Å². The first-order valence-corrected chi connectivity index (χ1v) is 7.51. The number of halogens is 1. The normalized spacial score (nSPS) is 22.5. The highest BCUT2D eigenvalue weighted by Gasteiger charge is 2.26. The van der Waals surface area contributed by atoms with Crippen molar-refractivity contribution in [2.75, 3.05) is 18.5 Å². The van der Waals surface area contributed by atoms with E-state index in [1.165, 1.54) is 19.3 Å². The zero-order valence-corrected chi connectivity index (χ0v) is 12.2. The summed E-state index contributed by atoms with van der Waals surface area (Å²) < 4.78 is 5.77. The first kappa shape index (κ1) is 14.5. The molecule has 0 spiro atoms. The van der Waals surface area contributed by atoms with Crippen LogP contribution in [0.25, 0.3) is 0 Å². The highest BCUT2D eigenvalue weighted by molar-refractivity contribution is 6.30. The molecule has 2 atom stereocenters. The van der Waals surface area contributed by atoms with Crippen molar-refractivity contribution in [3.8, 4) is 5.75 Å². The average molecular weight is 283 g/mol. The number of nitrogens with two attached hydrogens (primary N) is 1. The fourth-order valence-corrected chi connectivity index (χ4v) is 2.83. The fourth-order valence-electron chi connectivity index (χ4n) is 2.66. The summed E-state index contributed by atoms with van der Waals surface area (Å²) in [4.78, 5) is 0. The third kappa shape index (κ3) is 3.77. The lowest BCUT2D eigenvalue weighted by molar-refractivity contribution is 0.318. The maximum atomic E-state index is 6.09. The minimum Gasteiger partial charge on any atom is -0.491 e. The Balaban J connectivity index is 2.10. The van der Waals surface area contributed by atoms with E-state index in [-0.39, 0.29) is 0 Å². The number of hydrogen-bond donors (Lipinski definition) is 2. The van der Waals surface area contributed by atoms with Gasteiger partial charge >= 0.3 is 0 Å². The molecule has 0 saturated heterocycles. The summed E-state index contributed by atoms with van der Waals surface area (Å²) in [6, 6.07) is 6.19. The van der Waals surface area contributed by atoms with E-state index < -0.39 is 0 Å². The van der Waals surface area contributed by atoms with Crippen molar-refractivity contribution in [3.63, 3.8) is 0 Å². The van der Waals surface area contributed by atoms with Crippen LogP contribution in [0.1, 0.15) is 32.6 Å². The van der Waals surface area contributed by atoms with Crippen LogP contribution in [0.4, 0.5) is 5.69 Å². The van der Waals surface area contributed by atoms with E-state index in [1.54, 1.807) is 0 Å². The van der Waals surface area contributed by atoms with Crippen LogP contribution in [0.15, 0.2) is 18.2 Å². The van der Waals surface area contributed by atoms with Gasteiger partial charge in [0.25, 0.3) is 0 Å². The van der Waals surface area contributed by atoms with Crippen LogP contribution in [0.2, 0.25) is 5.02 Å². The summed E-state index contributed by atoms with van der Waals surface area (Å²) in [5.41, 5.74) is 6.82. The number of ether oxygens (including phenoxy) is 1. The third-order valence-corrected chi connectivity index (χ3v) is 3.94. The molecule has 1 saturated carbocycles. The van der Waals surface area contributed by atoms with Crippen molar-refractivity contribution in [3.05, 3.63) is 23.2 Å². The summed E-state index contributed by atoms with van der Waals surface area (Å²) in [5.74, 6) is 1.44. The van der Waals surface area contributed by atoms with Gasteiger partial charge in [0.05, 0.1) is 12.3 Å². The highest BCUT2D eigenvalue weighted by Crippen LogP contribution is 2.33. The lowest BCUT2D eigenvalue weighted by atomic mass is 10.0. The number of rotatable bonds is 6. The summed E-state index contributed by atoms with van der Waals surface area (Å²) in [5, 5.41) is 4.30. The Kier molecular flexibility index (Phi) is 5.34. The van der Waals surface area contributed by atoms with Gasteiger partial charge in [0.15, 0.2) is 0 Å². The monoisotopic (exact) mass is 282 g/mol. The van der Waals surface area contributed by atoms with Crippen LogP contribution in [0.3, 0.4) is 0 Å². The smallest absolute Gasteiger partial charge is 0.142 e. The predicted octanol–water partition coefficient (Wildman–Crippen LogP) is 3.67. The molecular formula is C15H23ClN2O. The number of anilines is 1. The molecule has 106 valence electrons. The zero-order valence-electron chi connectivity index (χ0n) is 11.5. The predicted molar refractivity (Wildman–Crippen MR) is 81.0 cm³/mol. The molecule has 3 N–H and O–H groups in total. The molecule has 1 aromatic carbocycles. The Hall–Kier alpha value is -0.930. The van der Waals surface area contributed by atoms with Gasteiger partial charge in [-0.3, -0.25) is 0 Å². The average Bonchev–Trinajstić information content (AvgIpc) is 2.85. The van der Waals surface area contributed by atoms with E-state index in [1.807, 2.05) is 18.2 Å². The van der Waals surface area contributed by atoms with E-state index in [2.05, 4.69) is 12.2 Å². The molecule has 0 aromatic heterocycles. The maximum Gasteiger partial charge on any atom is 0.142 e. The van der Waals surface area contributed by atoms with Crippen molar-refractivity contribution in [2.45, 2.75) is 38.6 Å². The second-order valence-electron chi connectivity index (χ2n) is 5.17. The molecule has 0 aliphatic heterocycles. The minimum absolute atomic E-state index is 0.437. The van der Waals surface area contributed by atoms with Crippen LogP contribution >= 0.6 is 11.6 Å². The summed E-state index contributed by atoms with van der Waals surface area (Å²) in [7, 11) is 0. The molecule has 1 aromatic rings. The second kappa shape index (κ2) is 7.01. The topological polar surface area (TPSA) is 47.3 Å². The van der Waals surface area contributed by atoms with Gasteiger partial charge in [-0.25, -0.2) is 0 Å². The van der Waals surface area contributed by atoms with Crippen LogP contribution in [0.5, 0.6) is 5.75 Å². The Labute approximate surface area is 120 Å². The Morgan fingerprint density at radius 1 is 1.42 bits per heavy atom. The van der Waals surface area contributed by atoms with Crippen molar-refractivity contribution in [1.29, 1.82) is 0 Å². The minimum atomic E-state index is 0.437. The molecule has 1 aliphatic carbocycles. The highest BCUT2D eigenvalue weighted by atomic mass is 35.5. The van der Waals surface area contributed by atoms with Gasteiger partial charge in [-0.2, -0.15) is 0 Å². The van der Waals surface area contributed by atoms with Gasteiger partial charge in [0, 0.05) is 11.1 Å². The largest absolute Gasteiger partial charge is 0.491 e. The van der Waals surface area contributed by atoms with E-state index >= 15 is 0 Å². The number of hydrogen-bond acceptors (Lipinski definition) is 3. The molecule has 0 bridgehead atoms. The molecule has 0 amide bonds. The van der Waals surface area contributed by atoms with Crippen molar-refractivity contribution >= 4 is 17.3 Å². The van der Waals surface area contributed by atoms with Crippen molar-refractivity contribution in [1.82, 2.24) is 0 Å². The second-order valence-corrected chi connectivity index (χ2v) is 5.60. The van der Waals surface area contributed by atoms with Crippen LogP contribution < -0.4 is 15.8 Å². The molecule has 1 fully saturated rings. The van der Waals surface area contributed by atoms with Gasteiger partial charge in [0.2, 0.25) is 0 Å².